The minimum Gasteiger partial charge on any atom is -0.477 e. The van der Waals surface area contributed by atoms with Gasteiger partial charge in [0.1, 0.15) is 5.70 Å². The molecule has 0 spiro atoms. The number of thioether (sulfide) groups is 1. The van der Waals surface area contributed by atoms with Crippen molar-refractivity contribution >= 4 is 35.5 Å². The van der Waals surface area contributed by atoms with Crippen molar-refractivity contribution in [3.05, 3.63) is 10.6 Å². The van der Waals surface area contributed by atoms with E-state index in [1.807, 2.05) is 6.92 Å². The Morgan fingerprint density at radius 2 is 2.08 bits per heavy atom. The highest BCUT2D eigenvalue weighted by molar-refractivity contribution is 8.03. The van der Waals surface area contributed by atoms with Crippen molar-refractivity contribution in [3.63, 3.8) is 0 Å². The standard InChI is InChI=1S/C23H36N6O6S/c1-10-18-17(11(2)30)21(33)29(18)19(22(34)35)20(10)36-13-5-14(26-8-13)15(31)6-16(32)28-4-3-12(9-28)7-27-23(24)25/h10-15,17-18,26,30-31H,3-9H2,1-2H3,(H,34,35)(H4,24,25,27)/t10-,11-,12-,13+,14+,15+,17-,18-/m1/s1. The summed E-state index contributed by atoms with van der Waals surface area (Å²) in [6.45, 7) is 5.71. The average molecular weight is 525 g/mol. The lowest BCUT2D eigenvalue weighted by molar-refractivity contribution is -0.163. The summed E-state index contributed by atoms with van der Waals surface area (Å²) in [5.41, 5.74) is 5.33. The van der Waals surface area contributed by atoms with Crippen LogP contribution in [0.1, 0.15) is 33.1 Å². The van der Waals surface area contributed by atoms with Gasteiger partial charge in [0.2, 0.25) is 11.8 Å². The third-order valence-electron chi connectivity index (χ3n) is 7.80. The molecule has 8 atom stereocenters. The summed E-state index contributed by atoms with van der Waals surface area (Å²) in [4.78, 5) is 40.9. The molecule has 4 aliphatic rings. The SMILES string of the molecule is C[C@@H](O)[C@H]1C(=O)N2C(C(=O)O)=C(S[C@@H]3CN[C@H]([C@@H](O)CC(=O)N4CC[C@H](CNC(=N)N)C4)C3)[C@H](C)[C@H]12. The summed E-state index contributed by atoms with van der Waals surface area (Å²) in [6, 6.07) is -0.645. The van der Waals surface area contributed by atoms with Gasteiger partial charge in [-0.1, -0.05) is 6.92 Å². The lowest BCUT2D eigenvalue weighted by atomic mass is 9.79. The Balaban J connectivity index is 1.31. The number of carbonyl (C=O) groups is 3. The minimum atomic E-state index is -1.15. The second-order valence-corrected chi connectivity index (χ2v) is 11.7. The van der Waals surface area contributed by atoms with Crippen LogP contribution in [0.3, 0.4) is 0 Å². The quantitative estimate of drug-likeness (QED) is 0.108. The number of nitrogens with zero attached hydrogens (tertiary/aromatic N) is 2. The van der Waals surface area contributed by atoms with Crippen LogP contribution in [0.4, 0.5) is 0 Å². The number of guanidine groups is 1. The first kappa shape index (κ1) is 26.7. The van der Waals surface area contributed by atoms with Gasteiger partial charge in [-0.05, 0) is 25.7 Å². The molecule has 13 heteroatoms. The van der Waals surface area contributed by atoms with Gasteiger partial charge in [0.05, 0.1) is 30.6 Å². The number of hydrogen-bond donors (Lipinski definition) is 7. The number of likely N-dealkylation sites (tertiary alicyclic amines) is 1. The zero-order valence-corrected chi connectivity index (χ0v) is 21.3. The first-order chi connectivity index (χ1) is 17.0. The number of aliphatic hydroxyl groups is 2. The number of aliphatic hydroxyl groups excluding tert-OH is 2. The van der Waals surface area contributed by atoms with Crippen molar-refractivity contribution in [2.75, 3.05) is 26.2 Å². The molecule has 0 aromatic rings. The molecule has 36 heavy (non-hydrogen) atoms. The number of β-lactam (4-membered cyclic amide) rings is 1. The molecular weight excluding hydrogens is 488 g/mol. The summed E-state index contributed by atoms with van der Waals surface area (Å²) in [7, 11) is 0. The van der Waals surface area contributed by atoms with Crippen molar-refractivity contribution in [1.29, 1.82) is 5.41 Å². The molecule has 200 valence electrons. The maximum absolute atomic E-state index is 12.7. The molecule has 0 aromatic heterocycles. The Hall–Kier alpha value is -2.35. The lowest BCUT2D eigenvalue weighted by Crippen LogP contribution is -2.63. The van der Waals surface area contributed by atoms with Gasteiger partial charge in [-0.3, -0.25) is 15.0 Å². The van der Waals surface area contributed by atoms with Gasteiger partial charge < -0.3 is 41.5 Å². The monoisotopic (exact) mass is 524 g/mol. The first-order valence-electron chi connectivity index (χ1n) is 12.4. The van der Waals surface area contributed by atoms with E-state index in [9.17, 15) is 29.7 Å². The molecule has 0 bridgehead atoms. The lowest BCUT2D eigenvalue weighted by Gasteiger charge is -2.46. The maximum Gasteiger partial charge on any atom is 0.353 e. The molecule has 3 saturated heterocycles. The first-order valence-corrected chi connectivity index (χ1v) is 13.3. The van der Waals surface area contributed by atoms with Crippen LogP contribution in [-0.2, 0) is 14.4 Å². The number of nitrogens with one attached hydrogen (secondary N) is 3. The number of aliphatic carboxylic acids is 1. The van der Waals surface area contributed by atoms with Crippen molar-refractivity contribution in [3.8, 4) is 0 Å². The Morgan fingerprint density at radius 1 is 1.36 bits per heavy atom. The van der Waals surface area contributed by atoms with Gasteiger partial charge >= 0.3 is 5.97 Å². The highest BCUT2D eigenvalue weighted by atomic mass is 32.2. The third-order valence-corrected chi connectivity index (χ3v) is 9.31. The van der Waals surface area contributed by atoms with E-state index in [1.54, 1.807) is 11.8 Å². The minimum absolute atomic E-state index is 0.00132. The van der Waals surface area contributed by atoms with Crippen LogP contribution < -0.4 is 16.4 Å². The largest absolute Gasteiger partial charge is 0.477 e. The fourth-order valence-electron chi connectivity index (χ4n) is 5.90. The van der Waals surface area contributed by atoms with E-state index < -0.39 is 24.1 Å². The molecule has 0 saturated carbocycles. The molecule has 4 rings (SSSR count). The molecule has 4 aliphatic heterocycles. The molecule has 0 aliphatic carbocycles. The van der Waals surface area contributed by atoms with Crippen molar-refractivity contribution < 1.29 is 29.7 Å². The summed E-state index contributed by atoms with van der Waals surface area (Å²) in [5.74, 6) is -2.29. The van der Waals surface area contributed by atoms with Crippen LogP contribution in [0.15, 0.2) is 10.6 Å². The van der Waals surface area contributed by atoms with E-state index in [4.69, 9.17) is 11.1 Å². The Bertz CT molecular complexity index is 959. The molecule has 0 radical (unpaired) electrons. The summed E-state index contributed by atoms with van der Waals surface area (Å²) < 4.78 is 0. The van der Waals surface area contributed by atoms with E-state index in [-0.39, 0.29) is 59.1 Å². The second kappa shape index (κ2) is 10.6. The predicted octanol–water partition coefficient (Wildman–Crippen LogP) is -1.31. The van der Waals surface area contributed by atoms with Crippen molar-refractivity contribution in [2.45, 2.75) is 62.7 Å². The highest BCUT2D eigenvalue weighted by Crippen LogP contribution is 2.51. The number of amides is 2. The predicted molar refractivity (Wildman–Crippen MR) is 133 cm³/mol. The number of carbonyl (C=O) groups excluding carboxylic acids is 2. The molecule has 2 amide bonds. The molecule has 4 heterocycles. The van der Waals surface area contributed by atoms with E-state index >= 15 is 0 Å². The van der Waals surface area contributed by atoms with Crippen LogP contribution >= 0.6 is 11.8 Å². The topological polar surface area (TPSA) is 192 Å². The number of hydrogen-bond acceptors (Lipinski definition) is 8. The van der Waals surface area contributed by atoms with Gasteiger partial charge in [0, 0.05) is 48.3 Å². The summed E-state index contributed by atoms with van der Waals surface area (Å²) >= 11 is 1.42. The van der Waals surface area contributed by atoms with Crippen molar-refractivity contribution in [2.24, 2.45) is 23.5 Å². The van der Waals surface area contributed by atoms with E-state index in [0.29, 0.717) is 37.5 Å². The molecule has 12 nitrogen and oxygen atoms in total. The van der Waals surface area contributed by atoms with Gasteiger partial charge in [-0.2, -0.15) is 0 Å². The van der Waals surface area contributed by atoms with E-state index in [2.05, 4.69) is 10.6 Å². The number of rotatable bonds is 9. The zero-order chi connectivity index (χ0) is 26.3. The van der Waals surface area contributed by atoms with Gasteiger partial charge in [0.25, 0.3) is 0 Å². The molecule has 3 fully saturated rings. The zero-order valence-electron chi connectivity index (χ0n) is 20.5. The Labute approximate surface area is 214 Å². The molecular formula is C23H36N6O6S. The Kier molecular flexibility index (Phi) is 7.83. The number of nitrogens with two attached hydrogens (primary N) is 1. The summed E-state index contributed by atoms with van der Waals surface area (Å²) in [6.07, 6.45) is -0.333. The van der Waals surface area contributed by atoms with Crippen LogP contribution in [0.2, 0.25) is 0 Å². The van der Waals surface area contributed by atoms with Crippen LogP contribution in [-0.4, -0.2) is 105 Å². The van der Waals surface area contributed by atoms with Crippen LogP contribution in [0.5, 0.6) is 0 Å². The summed E-state index contributed by atoms with van der Waals surface area (Å²) in [5, 5.41) is 43.9. The normalized spacial score (nSPS) is 33.4. The van der Waals surface area contributed by atoms with Gasteiger partial charge in [0.15, 0.2) is 5.96 Å². The van der Waals surface area contributed by atoms with Crippen LogP contribution in [0, 0.1) is 23.2 Å². The van der Waals surface area contributed by atoms with Crippen LogP contribution in [0.25, 0.3) is 0 Å². The maximum atomic E-state index is 12.7. The van der Waals surface area contributed by atoms with E-state index in [0.717, 1.165) is 6.42 Å². The number of fused-ring (bicyclic) bond motifs is 1. The highest BCUT2D eigenvalue weighted by Gasteiger charge is 2.60. The molecule has 0 unspecified atom stereocenters. The van der Waals surface area contributed by atoms with E-state index in [1.165, 1.54) is 16.7 Å². The van der Waals surface area contributed by atoms with Gasteiger partial charge in [-0.15, -0.1) is 11.8 Å². The average Bonchev–Trinajstić information content (AvgIpc) is 3.51. The Morgan fingerprint density at radius 3 is 2.72 bits per heavy atom. The van der Waals surface area contributed by atoms with Gasteiger partial charge in [-0.25, -0.2) is 4.79 Å². The number of carboxylic acids is 1. The van der Waals surface area contributed by atoms with Crippen molar-refractivity contribution in [1.82, 2.24) is 20.4 Å². The third kappa shape index (κ3) is 5.06. The fraction of sp³-hybridized carbons (Fsp3) is 0.739. The smallest absolute Gasteiger partial charge is 0.353 e. The molecule has 0 aromatic carbocycles. The second-order valence-electron chi connectivity index (χ2n) is 10.3. The fourth-order valence-corrected chi connectivity index (χ4v) is 7.40. The number of carboxylic acid groups (broad SMARTS) is 1. The molecule has 8 N–H and O–H groups in total.